The molecule has 1 atom stereocenters. The third kappa shape index (κ3) is 19.8. The molecule has 0 aromatic heterocycles. The highest BCUT2D eigenvalue weighted by molar-refractivity contribution is 7.85. The summed E-state index contributed by atoms with van der Waals surface area (Å²) >= 11 is 0. The Balaban J connectivity index is 0.000000414. The van der Waals surface area contributed by atoms with Crippen molar-refractivity contribution < 1.29 is 72.2 Å². The number of aryl methyl sites for hydroxylation is 1. The van der Waals surface area contributed by atoms with Gasteiger partial charge >= 0.3 is 17.9 Å². The van der Waals surface area contributed by atoms with E-state index in [0.29, 0.717) is 23.5 Å². The summed E-state index contributed by atoms with van der Waals surface area (Å²) in [6.45, 7) is 13.0. The lowest BCUT2D eigenvalue weighted by molar-refractivity contribution is -0.150. The minimum atomic E-state index is -4.02. The molecule has 0 unspecified atom stereocenters. The van der Waals surface area contributed by atoms with Crippen LogP contribution in [-0.4, -0.2) is 85.5 Å². The molecule has 8 N–H and O–H groups in total. The molecule has 1 aliphatic heterocycles. The Morgan fingerprint density at radius 1 is 0.721 bits per heavy atom. The molecule has 1 heterocycles. The zero-order valence-electron chi connectivity index (χ0n) is 34.1. The van der Waals surface area contributed by atoms with Gasteiger partial charge in [0.2, 0.25) is 5.79 Å². The van der Waals surface area contributed by atoms with Gasteiger partial charge in [-0.05, 0) is 105 Å². The van der Waals surface area contributed by atoms with Gasteiger partial charge in [-0.15, -0.1) is 0 Å². The number of carboxylic acids is 2. The minimum absolute atomic E-state index is 0. The average molecular weight is 870 g/mol. The molecule has 0 saturated carbocycles. The Morgan fingerprint density at radius 3 is 1.69 bits per heavy atom. The van der Waals surface area contributed by atoms with Crippen LogP contribution in [-0.2, 0) is 35.7 Å². The number of aromatic hydroxyl groups is 4. The van der Waals surface area contributed by atoms with E-state index in [1.54, 1.807) is 50.2 Å². The average Bonchev–Trinajstić information content (AvgIpc) is 3.45. The number of hydrogen-bond acceptors (Lipinski definition) is 13. The number of aliphatic carboxylic acids is 2. The van der Waals surface area contributed by atoms with Gasteiger partial charge in [0.25, 0.3) is 10.1 Å². The van der Waals surface area contributed by atoms with Crippen LogP contribution >= 0.6 is 0 Å². The molecule has 4 aromatic carbocycles. The van der Waals surface area contributed by atoms with Gasteiger partial charge in [0.05, 0.1) is 11.0 Å². The molecule has 4 aromatic rings. The van der Waals surface area contributed by atoms with Gasteiger partial charge in [-0.25, -0.2) is 9.59 Å². The van der Waals surface area contributed by atoms with E-state index in [4.69, 9.17) is 39.2 Å². The van der Waals surface area contributed by atoms with E-state index in [1.807, 2.05) is 34.6 Å². The van der Waals surface area contributed by atoms with Crippen LogP contribution in [0.4, 0.5) is 0 Å². The second-order valence-corrected chi connectivity index (χ2v) is 15.5. The summed E-state index contributed by atoms with van der Waals surface area (Å²) in [6, 6.07) is 19.5. The largest absolute Gasteiger partial charge is 0.504 e. The predicted molar refractivity (Wildman–Crippen MR) is 229 cm³/mol. The van der Waals surface area contributed by atoms with Gasteiger partial charge in [-0.2, -0.15) is 8.42 Å². The minimum Gasteiger partial charge on any atom is -0.504 e. The first-order valence-corrected chi connectivity index (χ1v) is 19.7. The molecular weight excluding hydrogens is 815 g/mol. The highest BCUT2D eigenvalue weighted by Crippen LogP contribution is 2.39. The van der Waals surface area contributed by atoms with Gasteiger partial charge in [0.15, 0.2) is 34.5 Å². The van der Waals surface area contributed by atoms with Gasteiger partial charge in [-0.3, -0.25) is 9.35 Å². The van der Waals surface area contributed by atoms with Crippen LogP contribution in [0.1, 0.15) is 71.2 Å². The molecule has 0 saturated heterocycles. The smallest absolute Gasteiger partial charge is 0.328 e. The molecule has 332 valence electrons. The fourth-order valence-corrected chi connectivity index (χ4v) is 5.37. The molecule has 0 fully saturated rings. The van der Waals surface area contributed by atoms with Crippen LogP contribution in [0.5, 0.6) is 34.5 Å². The molecule has 5 rings (SSSR count). The van der Waals surface area contributed by atoms with Gasteiger partial charge < -0.3 is 50.2 Å². The number of carbonyl (C=O) groups excluding carboxylic acids is 1. The number of phenolic OH excluding ortho intramolecular Hbond substituents is 4. The van der Waals surface area contributed by atoms with Gasteiger partial charge in [0, 0.05) is 32.0 Å². The first kappa shape index (κ1) is 52.5. The van der Waals surface area contributed by atoms with E-state index in [0.717, 1.165) is 28.8 Å². The van der Waals surface area contributed by atoms with Gasteiger partial charge in [0.1, 0.15) is 6.04 Å². The van der Waals surface area contributed by atoms with E-state index in [9.17, 15) is 33.0 Å². The third-order valence-electron chi connectivity index (χ3n) is 7.48. The van der Waals surface area contributed by atoms with Crippen molar-refractivity contribution in [2.75, 3.05) is 0 Å². The van der Waals surface area contributed by atoms with Crippen LogP contribution in [0.2, 0.25) is 0 Å². The van der Waals surface area contributed by atoms with Gasteiger partial charge in [-0.1, -0.05) is 57.2 Å². The summed E-state index contributed by atoms with van der Waals surface area (Å²) in [5.41, 5.74) is 2.98. The van der Waals surface area contributed by atoms with Crippen molar-refractivity contribution in [3.63, 3.8) is 0 Å². The highest BCUT2D eigenvalue weighted by atomic mass is 32.2. The van der Waals surface area contributed by atoms with Crippen molar-refractivity contribution in [3.8, 4) is 34.5 Å². The highest BCUT2D eigenvalue weighted by Gasteiger charge is 2.31. The normalized spacial score (nSPS) is 12.8. The number of nitrogens with one attached hydrogen (secondary N) is 1. The molecule has 1 aliphatic rings. The number of esters is 1. The van der Waals surface area contributed by atoms with E-state index in [1.165, 1.54) is 54.6 Å². The maximum atomic E-state index is 12.0. The maximum Gasteiger partial charge on any atom is 0.328 e. The molecular formula is C44H55NO15S. The topological polar surface area (TPSA) is 267 Å². The van der Waals surface area contributed by atoms with E-state index in [2.05, 4.69) is 5.32 Å². The molecule has 0 amide bonds. The summed E-state index contributed by atoms with van der Waals surface area (Å²) in [4.78, 5) is 32.5. The summed E-state index contributed by atoms with van der Waals surface area (Å²) in [5.74, 6) is -2.56. The quantitative estimate of drug-likeness (QED) is 0.0317. The van der Waals surface area contributed by atoms with Crippen molar-refractivity contribution >= 4 is 40.2 Å². The molecule has 0 aliphatic carbocycles. The number of carboxylic acid groups (broad SMARTS) is 2. The lowest BCUT2D eigenvalue weighted by Crippen LogP contribution is -2.44. The van der Waals surface area contributed by atoms with E-state index >= 15 is 0 Å². The number of carbonyl (C=O) groups is 3. The number of fused-ring (bicyclic) bond motifs is 1. The molecule has 17 heteroatoms. The number of rotatable bonds is 11. The van der Waals surface area contributed by atoms with Crippen LogP contribution in [0.3, 0.4) is 0 Å². The molecule has 0 spiro atoms. The van der Waals surface area contributed by atoms with E-state index in [-0.39, 0.29) is 53.4 Å². The maximum absolute atomic E-state index is 12.0. The van der Waals surface area contributed by atoms with Crippen molar-refractivity contribution in [1.29, 1.82) is 0 Å². The Morgan fingerprint density at radius 2 is 1.21 bits per heavy atom. The standard InChI is InChI=1S/C15H23NO4.C12H12O4.C9H8O4.C7H8O3S.CH4/c1-9(2)16-12(15(19)20-10(3)4)7-11-5-6-13(17)14(18)8-11;1-12(2)15-9-5-3-8(4-6-11(13)14)7-10(9)16-12;10-7-3-1-6(5-8(7)11)2-4-9(12)13;1-6-2-4-7(5-3-6)11(8,9)10;/h5-6,8-10,12,16-18H,7H2,1-4H3;3-7H,1-2H3,(H,13,14);1-5,10-11H,(H,12,13);2-5H,1H3,(H,8,9,10);1H4/b;6-4+;4-2+;;/t12-;;;;/m0..../s1. The molecule has 0 bridgehead atoms. The van der Waals surface area contributed by atoms with Crippen molar-refractivity contribution in [2.45, 2.75) is 91.2 Å². The Labute approximate surface area is 355 Å². The summed E-state index contributed by atoms with van der Waals surface area (Å²) in [6.07, 6.45) is 5.08. The number of ether oxygens (including phenoxy) is 3. The number of benzene rings is 4. The molecule has 61 heavy (non-hydrogen) atoms. The van der Waals surface area contributed by atoms with Crippen molar-refractivity contribution in [3.05, 3.63) is 113 Å². The third-order valence-corrected chi connectivity index (χ3v) is 8.35. The van der Waals surface area contributed by atoms with Crippen LogP contribution in [0, 0.1) is 6.92 Å². The number of hydrogen-bond donors (Lipinski definition) is 8. The fraction of sp³-hybridized carbons (Fsp3) is 0.295. The van der Waals surface area contributed by atoms with Crippen LogP contribution in [0.25, 0.3) is 12.2 Å². The second-order valence-electron chi connectivity index (χ2n) is 14.1. The van der Waals surface area contributed by atoms with Crippen molar-refractivity contribution in [1.82, 2.24) is 5.32 Å². The Bertz CT molecular complexity index is 2250. The van der Waals surface area contributed by atoms with Crippen LogP contribution < -0.4 is 14.8 Å². The first-order chi connectivity index (χ1) is 27.8. The predicted octanol–water partition coefficient (Wildman–Crippen LogP) is 7.32. The monoisotopic (exact) mass is 869 g/mol. The molecule has 16 nitrogen and oxygen atoms in total. The Hall–Kier alpha value is -6.56. The van der Waals surface area contributed by atoms with Crippen molar-refractivity contribution in [2.24, 2.45) is 0 Å². The summed E-state index contributed by atoms with van der Waals surface area (Å²) < 4.78 is 45.8. The Kier molecular flexibility index (Phi) is 20.5. The zero-order valence-corrected chi connectivity index (χ0v) is 34.9. The summed E-state index contributed by atoms with van der Waals surface area (Å²) in [5, 5.41) is 56.7. The lowest BCUT2D eigenvalue weighted by atomic mass is 10.0. The van der Waals surface area contributed by atoms with E-state index < -0.39 is 33.9 Å². The SMILES string of the molecule is C.CC(C)N[C@@H](Cc1ccc(O)c(O)c1)C(=O)OC(C)C.CC1(C)Oc2ccc(/C=C/C(=O)O)cc2O1.Cc1ccc(S(=O)(=O)O)cc1.O=C(O)/C=C/c1ccc(O)c(O)c1. The second kappa shape index (κ2) is 23.9. The molecule has 0 radical (unpaired) electrons. The number of phenols is 4. The summed E-state index contributed by atoms with van der Waals surface area (Å²) in [7, 11) is -4.02. The fourth-order valence-electron chi connectivity index (χ4n) is 4.89. The lowest BCUT2D eigenvalue weighted by Gasteiger charge is -2.21. The van der Waals surface area contributed by atoms with Crippen LogP contribution in [0.15, 0.2) is 95.9 Å². The zero-order chi connectivity index (χ0) is 45.4. The first-order valence-electron chi connectivity index (χ1n) is 18.2.